The van der Waals surface area contributed by atoms with Crippen LogP contribution in [0.2, 0.25) is 0 Å². The van der Waals surface area contributed by atoms with Crippen LogP contribution in [-0.4, -0.2) is 40.0 Å². The number of amides is 3. The van der Waals surface area contributed by atoms with Crippen molar-refractivity contribution in [2.75, 3.05) is 6.54 Å². The molecule has 0 atom stereocenters. The molecule has 2 heterocycles. The summed E-state index contributed by atoms with van der Waals surface area (Å²) in [6.07, 6.45) is 0.869. The molecule has 0 bridgehead atoms. The lowest BCUT2D eigenvalue weighted by atomic mass is 9.93. The molecule has 1 fully saturated rings. The fourth-order valence-corrected chi connectivity index (χ4v) is 3.25. The summed E-state index contributed by atoms with van der Waals surface area (Å²) in [6, 6.07) is 5.13. The molecular weight excluding hydrogens is 381 g/mol. The molecule has 2 aromatic rings. The van der Waals surface area contributed by atoms with E-state index in [9.17, 15) is 18.8 Å². The number of hydrogen-bond donors (Lipinski definition) is 1. The molecule has 1 aromatic carbocycles. The van der Waals surface area contributed by atoms with Gasteiger partial charge in [0.1, 0.15) is 30.2 Å². The molecule has 29 heavy (non-hydrogen) atoms. The summed E-state index contributed by atoms with van der Waals surface area (Å²) in [5.74, 6) is -1.08. The normalized spacial score (nSPS) is 15.5. The molecule has 0 saturated carbocycles. The summed E-state index contributed by atoms with van der Waals surface area (Å²) < 4.78 is 23.5. The largest absolute Gasteiger partial charge is 0.458 e. The van der Waals surface area contributed by atoms with Gasteiger partial charge in [0, 0.05) is 11.1 Å². The standard InChI is InChI=1S/C20H22FN3O5/c1-4-20(5-2)18(26)24(19(27)22-20)10-16(25)28-11-15-12(3)17(29-23-15)13-6-8-14(21)9-7-13/h6-9H,4-5,10-11H2,1-3H3,(H,22,27). The zero-order valence-electron chi connectivity index (χ0n) is 16.5. The van der Waals surface area contributed by atoms with Crippen LogP contribution in [0.5, 0.6) is 0 Å². The summed E-state index contributed by atoms with van der Waals surface area (Å²) in [4.78, 5) is 37.7. The van der Waals surface area contributed by atoms with E-state index in [1.165, 1.54) is 12.1 Å². The Kier molecular flexibility index (Phi) is 5.67. The van der Waals surface area contributed by atoms with Crippen molar-refractivity contribution in [1.29, 1.82) is 0 Å². The fourth-order valence-electron chi connectivity index (χ4n) is 3.25. The molecule has 1 aromatic heterocycles. The van der Waals surface area contributed by atoms with Gasteiger partial charge in [-0.3, -0.25) is 14.5 Å². The molecule has 1 aliphatic rings. The van der Waals surface area contributed by atoms with E-state index < -0.39 is 30.0 Å². The second kappa shape index (κ2) is 8.02. The van der Waals surface area contributed by atoms with Crippen LogP contribution in [0.4, 0.5) is 9.18 Å². The van der Waals surface area contributed by atoms with E-state index in [-0.39, 0.29) is 12.4 Å². The zero-order chi connectivity index (χ0) is 21.2. The number of carbonyl (C=O) groups excluding carboxylic acids is 3. The molecule has 3 amide bonds. The number of imide groups is 1. The SMILES string of the molecule is CCC1(CC)NC(=O)N(CC(=O)OCc2noc(-c3ccc(F)cc3)c2C)C1=O. The van der Waals surface area contributed by atoms with Gasteiger partial charge in [-0.1, -0.05) is 19.0 Å². The van der Waals surface area contributed by atoms with Gasteiger partial charge in [-0.25, -0.2) is 9.18 Å². The number of hydrogen-bond acceptors (Lipinski definition) is 6. The Labute approximate surface area is 167 Å². The average molecular weight is 403 g/mol. The van der Waals surface area contributed by atoms with Crippen molar-refractivity contribution in [3.05, 3.63) is 41.3 Å². The highest BCUT2D eigenvalue weighted by Crippen LogP contribution is 2.27. The molecular formula is C20H22FN3O5. The Bertz CT molecular complexity index is 934. The molecule has 0 unspecified atom stereocenters. The highest BCUT2D eigenvalue weighted by molar-refractivity contribution is 6.08. The first-order chi connectivity index (χ1) is 13.8. The number of ether oxygens (including phenoxy) is 1. The number of nitrogens with one attached hydrogen (secondary N) is 1. The lowest BCUT2D eigenvalue weighted by molar-refractivity contribution is -0.149. The Morgan fingerprint density at radius 3 is 2.48 bits per heavy atom. The van der Waals surface area contributed by atoms with E-state index in [4.69, 9.17) is 9.26 Å². The van der Waals surface area contributed by atoms with Gasteiger partial charge in [-0.15, -0.1) is 0 Å². The Hall–Kier alpha value is -3.23. The number of carbonyl (C=O) groups is 3. The number of rotatable bonds is 7. The van der Waals surface area contributed by atoms with Crippen molar-refractivity contribution in [3.63, 3.8) is 0 Å². The first-order valence-corrected chi connectivity index (χ1v) is 9.32. The van der Waals surface area contributed by atoms with Crippen LogP contribution in [0, 0.1) is 12.7 Å². The first-order valence-electron chi connectivity index (χ1n) is 9.32. The Morgan fingerprint density at radius 2 is 1.90 bits per heavy atom. The minimum Gasteiger partial charge on any atom is -0.458 e. The third-order valence-corrected chi connectivity index (χ3v) is 5.24. The van der Waals surface area contributed by atoms with E-state index in [0.717, 1.165) is 4.90 Å². The van der Waals surface area contributed by atoms with Crippen LogP contribution < -0.4 is 5.32 Å². The van der Waals surface area contributed by atoms with Crippen molar-refractivity contribution >= 4 is 17.9 Å². The van der Waals surface area contributed by atoms with Crippen molar-refractivity contribution in [2.45, 2.75) is 45.8 Å². The van der Waals surface area contributed by atoms with Gasteiger partial charge >= 0.3 is 12.0 Å². The topological polar surface area (TPSA) is 102 Å². The summed E-state index contributed by atoms with van der Waals surface area (Å²) in [5, 5.41) is 6.55. The number of urea groups is 1. The maximum atomic E-state index is 13.1. The third-order valence-electron chi connectivity index (χ3n) is 5.24. The van der Waals surface area contributed by atoms with Gasteiger partial charge < -0.3 is 14.6 Å². The molecule has 0 spiro atoms. The Balaban J connectivity index is 1.62. The quantitative estimate of drug-likeness (QED) is 0.563. The summed E-state index contributed by atoms with van der Waals surface area (Å²) >= 11 is 0. The molecule has 1 aliphatic heterocycles. The van der Waals surface area contributed by atoms with Gasteiger partial charge in [0.25, 0.3) is 5.91 Å². The highest BCUT2D eigenvalue weighted by atomic mass is 19.1. The van der Waals surface area contributed by atoms with Gasteiger partial charge in [-0.05, 0) is 44.0 Å². The van der Waals surface area contributed by atoms with E-state index in [2.05, 4.69) is 10.5 Å². The maximum absolute atomic E-state index is 13.1. The van der Waals surface area contributed by atoms with Crippen LogP contribution in [0.25, 0.3) is 11.3 Å². The maximum Gasteiger partial charge on any atom is 0.326 e. The summed E-state index contributed by atoms with van der Waals surface area (Å²) in [5.41, 5.74) is 0.718. The number of nitrogens with zero attached hydrogens (tertiary/aromatic N) is 2. The van der Waals surface area contributed by atoms with E-state index in [0.29, 0.717) is 35.4 Å². The van der Waals surface area contributed by atoms with Crippen LogP contribution in [0.1, 0.15) is 37.9 Å². The van der Waals surface area contributed by atoms with Gasteiger partial charge in [0.15, 0.2) is 5.76 Å². The van der Waals surface area contributed by atoms with Crippen molar-refractivity contribution in [3.8, 4) is 11.3 Å². The van der Waals surface area contributed by atoms with Crippen molar-refractivity contribution in [1.82, 2.24) is 15.4 Å². The molecule has 1 saturated heterocycles. The molecule has 154 valence electrons. The molecule has 1 N–H and O–H groups in total. The lowest BCUT2D eigenvalue weighted by Gasteiger charge is -2.22. The monoisotopic (exact) mass is 403 g/mol. The van der Waals surface area contributed by atoms with Gasteiger partial charge in [0.05, 0.1) is 0 Å². The fraction of sp³-hybridized carbons (Fsp3) is 0.400. The second-order valence-electron chi connectivity index (χ2n) is 6.86. The van der Waals surface area contributed by atoms with E-state index in [1.54, 1.807) is 32.9 Å². The number of halogens is 1. The van der Waals surface area contributed by atoms with Crippen LogP contribution in [-0.2, 0) is 20.9 Å². The predicted molar refractivity (Wildman–Crippen MR) is 100.0 cm³/mol. The van der Waals surface area contributed by atoms with Crippen molar-refractivity contribution < 1.29 is 28.0 Å². The molecule has 0 radical (unpaired) electrons. The number of aromatic nitrogens is 1. The minimum atomic E-state index is -0.968. The van der Waals surface area contributed by atoms with Crippen LogP contribution in [0.15, 0.2) is 28.8 Å². The minimum absolute atomic E-state index is 0.175. The third kappa shape index (κ3) is 3.85. The zero-order valence-corrected chi connectivity index (χ0v) is 16.5. The van der Waals surface area contributed by atoms with E-state index in [1.807, 2.05) is 0 Å². The van der Waals surface area contributed by atoms with Crippen LogP contribution >= 0.6 is 0 Å². The van der Waals surface area contributed by atoms with Gasteiger partial charge in [0.2, 0.25) is 0 Å². The van der Waals surface area contributed by atoms with Crippen molar-refractivity contribution in [2.24, 2.45) is 0 Å². The highest BCUT2D eigenvalue weighted by Gasteiger charge is 2.49. The van der Waals surface area contributed by atoms with E-state index >= 15 is 0 Å². The molecule has 3 rings (SSSR count). The lowest BCUT2D eigenvalue weighted by Crippen LogP contribution is -2.46. The summed E-state index contributed by atoms with van der Waals surface area (Å²) in [7, 11) is 0. The van der Waals surface area contributed by atoms with Gasteiger partial charge in [-0.2, -0.15) is 0 Å². The Morgan fingerprint density at radius 1 is 1.24 bits per heavy atom. The number of esters is 1. The summed E-state index contributed by atoms with van der Waals surface area (Å²) in [6.45, 7) is 4.69. The molecule has 8 nitrogen and oxygen atoms in total. The molecule has 9 heteroatoms. The second-order valence-corrected chi connectivity index (χ2v) is 6.86. The number of benzene rings is 1. The predicted octanol–water partition coefficient (Wildman–Crippen LogP) is 2.94. The smallest absolute Gasteiger partial charge is 0.326 e. The average Bonchev–Trinajstić information content (AvgIpc) is 3.19. The first kappa shape index (κ1) is 20.5. The van der Waals surface area contributed by atoms with Crippen LogP contribution in [0.3, 0.4) is 0 Å². The molecule has 0 aliphatic carbocycles.